The van der Waals surface area contributed by atoms with Gasteiger partial charge in [0.1, 0.15) is 0 Å². The summed E-state index contributed by atoms with van der Waals surface area (Å²) in [5.41, 5.74) is 5.32. The number of methoxy groups -OCH3 is 1. The lowest BCUT2D eigenvalue weighted by atomic mass is 10.1. The van der Waals surface area contributed by atoms with Crippen molar-refractivity contribution in [1.29, 1.82) is 0 Å². The second kappa shape index (κ2) is 6.56. The predicted molar refractivity (Wildman–Crippen MR) is 60.5 cm³/mol. The molecule has 0 saturated carbocycles. The van der Waals surface area contributed by atoms with E-state index in [1.54, 1.807) is 14.2 Å². The quantitative estimate of drug-likeness (QED) is 0.726. The first-order valence-corrected chi connectivity index (χ1v) is 5.12. The first-order valence-electron chi connectivity index (χ1n) is 5.12. The largest absolute Gasteiger partial charge is 0.381 e. The van der Waals surface area contributed by atoms with E-state index in [9.17, 15) is 0 Å². The standard InChI is InChI=1S/C12H19NO2/c1-10(14-2)8-11-4-6-12(7-5-11)9-13-15-3/h4-7,10,13H,8-9H2,1-3H3. The minimum atomic E-state index is 0.271. The molecule has 0 aliphatic carbocycles. The average molecular weight is 209 g/mol. The van der Waals surface area contributed by atoms with Crippen LogP contribution in [0.1, 0.15) is 18.1 Å². The Morgan fingerprint density at radius 2 is 1.73 bits per heavy atom. The van der Waals surface area contributed by atoms with Gasteiger partial charge in [0.05, 0.1) is 13.2 Å². The summed E-state index contributed by atoms with van der Waals surface area (Å²) in [6, 6.07) is 8.46. The summed E-state index contributed by atoms with van der Waals surface area (Å²) in [6.07, 6.45) is 1.22. The molecular formula is C12H19NO2. The molecule has 15 heavy (non-hydrogen) atoms. The van der Waals surface area contributed by atoms with E-state index in [1.165, 1.54) is 11.1 Å². The zero-order valence-electron chi connectivity index (χ0n) is 9.62. The van der Waals surface area contributed by atoms with E-state index in [0.29, 0.717) is 0 Å². The van der Waals surface area contributed by atoms with Crippen LogP contribution in [0.3, 0.4) is 0 Å². The van der Waals surface area contributed by atoms with Gasteiger partial charge in [0.2, 0.25) is 0 Å². The number of ether oxygens (including phenoxy) is 1. The Kier molecular flexibility index (Phi) is 5.32. The van der Waals surface area contributed by atoms with Gasteiger partial charge in [0.25, 0.3) is 0 Å². The third-order valence-corrected chi connectivity index (χ3v) is 2.37. The van der Waals surface area contributed by atoms with Gasteiger partial charge in [-0.05, 0) is 24.5 Å². The molecule has 1 N–H and O–H groups in total. The maximum absolute atomic E-state index is 5.22. The lowest BCUT2D eigenvalue weighted by Gasteiger charge is -2.09. The Balaban J connectivity index is 2.48. The Morgan fingerprint density at radius 3 is 2.27 bits per heavy atom. The Morgan fingerprint density at radius 1 is 1.13 bits per heavy atom. The zero-order valence-corrected chi connectivity index (χ0v) is 9.62. The van der Waals surface area contributed by atoms with Gasteiger partial charge < -0.3 is 9.57 Å². The smallest absolute Gasteiger partial charge is 0.0583 e. The molecule has 0 saturated heterocycles. The van der Waals surface area contributed by atoms with E-state index in [4.69, 9.17) is 9.57 Å². The van der Waals surface area contributed by atoms with Crippen molar-refractivity contribution in [3.05, 3.63) is 35.4 Å². The van der Waals surface area contributed by atoms with Gasteiger partial charge in [0.15, 0.2) is 0 Å². The summed E-state index contributed by atoms with van der Waals surface area (Å²) in [5.74, 6) is 0. The molecule has 0 heterocycles. The molecule has 0 aliphatic rings. The van der Waals surface area contributed by atoms with Gasteiger partial charge in [-0.15, -0.1) is 0 Å². The van der Waals surface area contributed by atoms with E-state index in [2.05, 4.69) is 36.7 Å². The highest BCUT2D eigenvalue weighted by Crippen LogP contribution is 2.08. The molecule has 3 heteroatoms. The lowest BCUT2D eigenvalue weighted by Crippen LogP contribution is -2.11. The van der Waals surface area contributed by atoms with Crippen LogP contribution in [-0.2, 0) is 22.5 Å². The van der Waals surface area contributed by atoms with Gasteiger partial charge in [0, 0.05) is 13.7 Å². The number of hydrogen-bond acceptors (Lipinski definition) is 3. The number of nitrogens with one attached hydrogen (secondary N) is 1. The predicted octanol–water partition coefficient (Wildman–Crippen LogP) is 1.92. The first-order chi connectivity index (χ1) is 7.26. The number of benzene rings is 1. The molecule has 0 amide bonds. The van der Waals surface area contributed by atoms with Crippen molar-refractivity contribution in [3.63, 3.8) is 0 Å². The van der Waals surface area contributed by atoms with Crippen molar-refractivity contribution >= 4 is 0 Å². The van der Waals surface area contributed by atoms with E-state index >= 15 is 0 Å². The van der Waals surface area contributed by atoms with Gasteiger partial charge in [-0.1, -0.05) is 24.3 Å². The molecule has 0 spiro atoms. The fourth-order valence-electron chi connectivity index (χ4n) is 1.36. The SMILES string of the molecule is CONCc1ccc(CC(C)OC)cc1. The molecule has 0 aliphatic heterocycles. The molecule has 3 nitrogen and oxygen atoms in total. The molecule has 0 fully saturated rings. The number of hydroxylamine groups is 1. The summed E-state index contributed by atoms with van der Waals surface area (Å²) in [4.78, 5) is 4.79. The van der Waals surface area contributed by atoms with Crippen LogP contribution in [0.4, 0.5) is 0 Å². The van der Waals surface area contributed by atoms with Crippen LogP contribution in [0.15, 0.2) is 24.3 Å². The highest BCUT2D eigenvalue weighted by atomic mass is 16.6. The van der Waals surface area contributed by atoms with E-state index in [0.717, 1.165) is 13.0 Å². The summed E-state index contributed by atoms with van der Waals surface area (Å²) in [7, 11) is 3.36. The minimum Gasteiger partial charge on any atom is -0.381 e. The minimum absolute atomic E-state index is 0.271. The first kappa shape index (κ1) is 12.2. The van der Waals surface area contributed by atoms with E-state index < -0.39 is 0 Å². The van der Waals surface area contributed by atoms with Crippen LogP contribution in [0.2, 0.25) is 0 Å². The van der Waals surface area contributed by atoms with Gasteiger partial charge in [-0.25, -0.2) is 0 Å². The molecule has 1 rings (SSSR count). The van der Waals surface area contributed by atoms with Gasteiger partial charge in [-0.2, -0.15) is 5.48 Å². The second-order valence-electron chi connectivity index (χ2n) is 3.59. The Bertz CT molecular complexity index is 271. The van der Waals surface area contributed by atoms with Crippen molar-refractivity contribution in [2.75, 3.05) is 14.2 Å². The molecule has 0 aromatic heterocycles. The highest BCUT2D eigenvalue weighted by Gasteiger charge is 2.01. The monoisotopic (exact) mass is 209 g/mol. The van der Waals surface area contributed by atoms with E-state index in [-0.39, 0.29) is 6.10 Å². The Labute approximate surface area is 91.4 Å². The maximum atomic E-state index is 5.22. The summed E-state index contributed by atoms with van der Waals surface area (Å²) < 4.78 is 5.22. The fraction of sp³-hybridized carbons (Fsp3) is 0.500. The van der Waals surface area contributed by atoms with Crippen LogP contribution in [-0.4, -0.2) is 20.3 Å². The second-order valence-corrected chi connectivity index (χ2v) is 3.59. The number of hydrogen-bond donors (Lipinski definition) is 1. The maximum Gasteiger partial charge on any atom is 0.0583 e. The van der Waals surface area contributed by atoms with Crippen molar-refractivity contribution in [2.24, 2.45) is 0 Å². The summed E-state index contributed by atoms with van der Waals surface area (Å²) in [5, 5.41) is 0. The molecule has 1 atom stereocenters. The van der Waals surface area contributed by atoms with Gasteiger partial charge in [-0.3, -0.25) is 0 Å². The van der Waals surface area contributed by atoms with E-state index in [1.807, 2.05) is 0 Å². The normalized spacial score (nSPS) is 12.7. The van der Waals surface area contributed by atoms with Crippen molar-refractivity contribution in [3.8, 4) is 0 Å². The van der Waals surface area contributed by atoms with Crippen LogP contribution >= 0.6 is 0 Å². The fourth-order valence-corrected chi connectivity index (χ4v) is 1.36. The van der Waals surface area contributed by atoms with Crippen molar-refractivity contribution < 1.29 is 9.57 Å². The Hall–Kier alpha value is -0.900. The van der Waals surface area contributed by atoms with Crippen molar-refractivity contribution in [1.82, 2.24) is 5.48 Å². The molecule has 0 bridgehead atoms. The third-order valence-electron chi connectivity index (χ3n) is 2.37. The zero-order chi connectivity index (χ0) is 11.1. The average Bonchev–Trinajstić information content (AvgIpc) is 2.28. The van der Waals surface area contributed by atoms with Crippen LogP contribution < -0.4 is 5.48 Å². The highest BCUT2D eigenvalue weighted by molar-refractivity contribution is 5.22. The molecule has 84 valence electrons. The van der Waals surface area contributed by atoms with Crippen LogP contribution in [0.5, 0.6) is 0 Å². The number of rotatable bonds is 6. The van der Waals surface area contributed by atoms with Gasteiger partial charge >= 0.3 is 0 Å². The molecule has 0 radical (unpaired) electrons. The summed E-state index contributed by atoms with van der Waals surface area (Å²) >= 11 is 0. The topological polar surface area (TPSA) is 30.5 Å². The molecule has 1 aromatic carbocycles. The molecular weight excluding hydrogens is 190 g/mol. The summed E-state index contributed by atoms with van der Waals surface area (Å²) in [6.45, 7) is 2.80. The lowest BCUT2D eigenvalue weighted by molar-refractivity contribution is 0.0867. The molecule has 1 unspecified atom stereocenters. The third kappa shape index (κ3) is 4.42. The van der Waals surface area contributed by atoms with Crippen molar-refractivity contribution in [2.45, 2.75) is 26.0 Å². The van der Waals surface area contributed by atoms with Crippen LogP contribution in [0, 0.1) is 0 Å². The van der Waals surface area contributed by atoms with Crippen LogP contribution in [0.25, 0.3) is 0 Å². The molecule has 1 aromatic rings.